The van der Waals surface area contributed by atoms with Crippen molar-refractivity contribution in [2.75, 3.05) is 24.9 Å². The van der Waals surface area contributed by atoms with Crippen molar-refractivity contribution in [2.45, 2.75) is 0 Å². The number of halogens is 1. The molecule has 2 aromatic carbocycles. The first-order valence-corrected chi connectivity index (χ1v) is 8.56. The number of benzene rings is 2. The molecule has 0 atom stereocenters. The van der Waals surface area contributed by atoms with Crippen molar-refractivity contribution in [3.63, 3.8) is 0 Å². The number of nitrogens with one attached hydrogen (secondary N) is 2. The maximum Gasteiger partial charge on any atom is 0.274 e. The molecule has 1 aromatic heterocycles. The number of carbonyl (C=O) groups is 2. The van der Waals surface area contributed by atoms with Crippen LogP contribution in [-0.4, -0.2) is 31.0 Å². The van der Waals surface area contributed by atoms with Crippen LogP contribution in [0, 0.1) is 5.82 Å². The molecule has 3 rings (SSSR count). The van der Waals surface area contributed by atoms with E-state index in [-0.39, 0.29) is 11.3 Å². The molecule has 0 aliphatic rings. The molecule has 0 spiro atoms. The molecule has 0 aliphatic heterocycles. The molecule has 0 radical (unpaired) electrons. The molecule has 0 saturated carbocycles. The molecule has 0 saturated heterocycles. The quantitative estimate of drug-likeness (QED) is 0.664. The Bertz CT molecular complexity index is 1040. The Morgan fingerprint density at radius 3 is 2.34 bits per heavy atom. The van der Waals surface area contributed by atoms with E-state index in [0.29, 0.717) is 22.9 Å². The second-order valence-corrected chi connectivity index (χ2v) is 5.91. The van der Waals surface area contributed by atoms with Crippen LogP contribution in [0.1, 0.15) is 20.8 Å². The lowest BCUT2D eigenvalue weighted by atomic mass is 10.2. The van der Waals surface area contributed by atoms with Crippen molar-refractivity contribution >= 4 is 23.2 Å². The first-order chi connectivity index (χ1) is 14.0. The van der Waals surface area contributed by atoms with Crippen LogP contribution in [0.5, 0.6) is 11.5 Å². The molecule has 2 amide bonds. The van der Waals surface area contributed by atoms with Crippen LogP contribution in [0.2, 0.25) is 0 Å². The fraction of sp³-hybridized carbons (Fsp3) is 0.0952. The fourth-order valence-corrected chi connectivity index (χ4v) is 2.53. The summed E-state index contributed by atoms with van der Waals surface area (Å²) in [5, 5.41) is 5.33. The van der Waals surface area contributed by atoms with E-state index < -0.39 is 17.6 Å². The molecule has 0 unspecified atom stereocenters. The molecule has 29 heavy (non-hydrogen) atoms. The number of amides is 2. The molecule has 0 fully saturated rings. The summed E-state index contributed by atoms with van der Waals surface area (Å²) in [6, 6.07) is 13.2. The minimum absolute atomic E-state index is 0.0432. The molecule has 3 aromatic rings. The van der Waals surface area contributed by atoms with Crippen LogP contribution >= 0.6 is 0 Å². The van der Waals surface area contributed by atoms with Gasteiger partial charge in [0.2, 0.25) is 0 Å². The highest BCUT2D eigenvalue weighted by Crippen LogP contribution is 2.29. The Morgan fingerprint density at radius 1 is 0.897 bits per heavy atom. The number of methoxy groups -OCH3 is 2. The summed E-state index contributed by atoms with van der Waals surface area (Å²) >= 11 is 0. The molecular weight excluding hydrogens is 377 g/mol. The largest absolute Gasteiger partial charge is 0.497 e. The van der Waals surface area contributed by atoms with Gasteiger partial charge in [-0.1, -0.05) is 0 Å². The van der Waals surface area contributed by atoms with Crippen LogP contribution in [0.4, 0.5) is 15.8 Å². The van der Waals surface area contributed by atoms with E-state index in [1.165, 1.54) is 56.8 Å². The van der Waals surface area contributed by atoms with Crippen molar-refractivity contribution in [1.82, 2.24) is 4.98 Å². The predicted molar refractivity (Wildman–Crippen MR) is 106 cm³/mol. The van der Waals surface area contributed by atoms with E-state index in [1.54, 1.807) is 18.2 Å². The zero-order valence-corrected chi connectivity index (χ0v) is 15.7. The van der Waals surface area contributed by atoms with Gasteiger partial charge in [-0.3, -0.25) is 14.6 Å². The summed E-state index contributed by atoms with van der Waals surface area (Å²) in [6.45, 7) is 0. The van der Waals surface area contributed by atoms with Crippen molar-refractivity contribution in [2.24, 2.45) is 0 Å². The number of carbonyl (C=O) groups excluding carboxylic acids is 2. The van der Waals surface area contributed by atoms with E-state index in [9.17, 15) is 14.0 Å². The lowest BCUT2D eigenvalue weighted by Gasteiger charge is -2.12. The number of anilines is 2. The maximum absolute atomic E-state index is 13.0. The van der Waals surface area contributed by atoms with Crippen LogP contribution in [0.15, 0.2) is 60.8 Å². The number of hydrogen-bond acceptors (Lipinski definition) is 5. The highest BCUT2D eigenvalue weighted by Gasteiger charge is 2.15. The smallest absolute Gasteiger partial charge is 0.274 e. The first-order valence-electron chi connectivity index (χ1n) is 8.56. The minimum atomic E-state index is -0.520. The number of ether oxygens (including phenoxy) is 2. The van der Waals surface area contributed by atoms with Gasteiger partial charge in [0.05, 0.1) is 19.9 Å². The number of rotatable bonds is 6. The van der Waals surface area contributed by atoms with Crippen molar-refractivity contribution in [3.8, 4) is 11.5 Å². The Hall–Kier alpha value is -3.94. The van der Waals surface area contributed by atoms with Gasteiger partial charge in [-0.15, -0.1) is 0 Å². The molecule has 0 bridgehead atoms. The Morgan fingerprint density at radius 2 is 1.66 bits per heavy atom. The van der Waals surface area contributed by atoms with Gasteiger partial charge in [-0.2, -0.15) is 0 Å². The third kappa shape index (κ3) is 4.86. The van der Waals surface area contributed by atoms with Gasteiger partial charge in [0, 0.05) is 23.5 Å². The normalized spacial score (nSPS) is 10.2. The summed E-state index contributed by atoms with van der Waals surface area (Å²) < 4.78 is 23.4. The fourth-order valence-electron chi connectivity index (χ4n) is 2.53. The van der Waals surface area contributed by atoms with Gasteiger partial charge < -0.3 is 20.1 Å². The monoisotopic (exact) mass is 395 g/mol. The summed E-state index contributed by atoms with van der Waals surface area (Å²) in [5.74, 6) is -0.385. The topological polar surface area (TPSA) is 89.5 Å². The lowest BCUT2D eigenvalue weighted by molar-refractivity contribution is 0.102. The SMILES string of the molecule is COc1ccc(OC)c(NC(=O)c2cc(C(=O)Nc3ccc(F)cc3)ccn2)c1. The van der Waals surface area contributed by atoms with Crippen LogP contribution in [-0.2, 0) is 0 Å². The van der Waals surface area contributed by atoms with E-state index in [1.807, 2.05) is 0 Å². The summed E-state index contributed by atoms with van der Waals surface area (Å²) in [5.41, 5.74) is 1.11. The van der Waals surface area contributed by atoms with Gasteiger partial charge in [0.15, 0.2) is 0 Å². The lowest BCUT2D eigenvalue weighted by Crippen LogP contribution is -2.17. The number of aromatic nitrogens is 1. The molecule has 148 valence electrons. The summed E-state index contributed by atoms with van der Waals surface area (Å²) in [4.78, 5) is 29.0. The molecule has 7 nitrogen and oxygen atoms in total. The third-order valence-corrected chi connectivity index (χ3v) is 4.01. The van der Waals surface area contributed by atoms with Crippen molar-refractivity contribution in [1.29, 1.82) is 0 Å². The van der Waals surface area contributed by atoms with Gasteiger partial charge in [0.25, 0.3) is 11.8 Å². The van der Waals surface area contributed by atoms with Gasteiger partial charge >= 0.3 is 0 Å². The van der Waals surface area contributed by atoms with E-state index in [0.717, 1.165) is 0 Å². The minimum Gasteiger partial charge on any atom is -0.497 e. The highest BCUT2D eigenvalue weighted by molar-refractivity contribution is 6.08. The Balaban J connectivity index is 1.77. The molecule has 1 heterocycles. The van der Waals surface area contributed by atoms with Crippen LogP contribution in [0.3, 0.4) is 0 Å². The second-order valence-electron chi connectivity index (χ2n) is 5.91. The standard InChI is InChI=1S/C21H18FN3O4/c1-28-16-7-8-19(29-2)17(12-16)25-21(27)18-11-13(9-10-23-18)20(26)24-15-5-3-14(22)4-6-15/h3-12H,1-2H3,(H,24,26)(H,25,27). The maximum atomic E-state index is 13.0. The average Bonchev–Trinajstić information content (AvgIpc) is 2.75. The van der Waals surface area contributed by atoms with E-state index in [4.69, 9.17) is 9.47 Å². The van der Waals surface area contributed by atoms with Gasteiger partial charge in [-0.25, -0.2) is 4.39 Å². The zero-order chi connectivity index (χ0) is 20.8. The van der Waals surface area contributed by atoms with Crippen molar-refractivity contribution in [3.05, 3.63) is 77.9 Å². The second kappa shape index (κ2) is 8.83. The predicted octanol–water partition coefficient (Wildman–Crippen LogP) is 3.74. The molecule has 2 N–H and O–H groups in total. The van der Waals surface area contributed by atoms with E-state index in [2.05, 4.69) is 15.6 Å². The Kier molecular flexibility index (Phi) is 6.03. The molecular formula is C21H18FN3O4. The average molecular weight is 395 g/mol. The number of nitrogens with zero attached hydrogens (tertiary/aromatic N) is 1. The Labute approximate surface area is 166 Å². The molecule has 8 heteroatoms. The summed E-state index contributed by atoms with van der Waals surface area (Å²) in [7, 11) is 2.99. The number of hydrogen-bond donors (Lipinski definition) is 2. The first kappa shape index (κ1) is 19.8. The van der Waals surface area contributed by atoms with Crippen LogP contribution < -0.4 is 20.1 Å². The van der Waals surface area contributed by atoms with Crippen molar-refractivity contribution < 1.29 is 23.5 Å². The van der Waals surface area contributed by atoms with Gasteiger partial charge in [0.1, 0.15) is 23.0 Å². The third-order valence-electron chi connectivity index (χ3n) is 4.01. The highest BCUT2D eigenvalue weighted by atomic mass is 19.1. The number of pyridine rings is 1. The molecule has 0 aliphatic carbocycles. The summed E-state index contributed by atoms with van der Waals surface area (Å²) in [6.07, 6.45) is 1.36. The zero-order valence-electron chi connectivity index (χ0n) is 15.7. The van der Waals surface area contributed by atoms with Gasteiger partial charge in [-0.05, 0) is 48.5 Å². The van der Waals surface area contributed by atoms with Crippen LogP contribution in [0.25, 0.3) is 0 Å². The van der Waals surface area contributed by atoms with E-state index >= 15 is 0 Å².